The number of hydrogen-bond acceptors (Lipinski definition) is 5. The van der Waals surface area contributed by atoms with E-state index < -0.39 is 0 Å². The highest BCUT2D eigenvalue weighted by Gasteiger charge is 1.96. The first-order valence-corrected chi connectivity index (χ1v) is 5.46. The zero-order valence-electron chi connectivity index (χ0n) is 9.71. The lowest BCUT2D eigenvalue weighted by molar-refractivity contribution is 0.136. The van der Waals surface area contributed by atoms with Gasteiger partial charge in [0, 0.05) is 18.5 Å². The molecule has 0 radical (unpaired) electrons. The molecule has 0 amide bonds. The molecular weight excluding hydrogens is 228 g/mol. The Morgan fingerprint density at radius 1 is 1.17 bits per heavy atom. The summed E-state index contributed by atoms with van der Waals surface area (Å²) in [5.41, 5.74) is 12.8. The molecule has 2 heterocycles. The molecular formula is C13H14N4O. The normalized spacial score (nSPS) is 14.8. The lowest BCUT2D eigenvalue weighted by Crippen LogP contribution is -2.14. The third kappa shape index (κ3) is 3.41. The van der Waals surface area contributed by atoms with Crippen molar-refractivity contribution < 1.29 is 4.84 Å². The smallest absolute Gasteiger partial charge is 0.217 e. The number of anilines is 1. The highest BCUT2D eigenvalue weighted by atomic mass is 16.7. The first-order chi connectivity index (χ1) is 8.86. The molecule has 0 aromatic heterocycles. The maximum atomic E-state index is 5.16. The topological polar surface area (TPSA) is 71.7 Å². The predicted molar refractivity (Wildman–Crippen MR) is 73.2 cm³/mol. The van der Waals surface area contributed by atoms with E-state index in [-0.39, 0.29) is 0 Å². The number of hydrogen-bond donors (Lipinski definition) is 3. The number of nitrogens with one attached hydrogen (secondary N) is 2. The minimum Gasteiger partial charge on any atom is -0.368 e. The second kappa shape index (κ2) is 6.15. The molecule has 2 aliphatic rings. The fourth-order valence-electron chi connectivity index (χ4n) is 1.36. The van der Waals surface area contributed by atoms with Crippen LogP contribution >= 0.6 is 0 Å². The van der Waals surface area contributed by atoms with E-state index >= 15 is 0 Å². The molecule has 0 saturated heterocycles. The van der Waals surface area contributed by atoms with Crippen LogP contribution in [0.5, 0.6) is 0 Å². The van der Waals surface area contributed by atoms with Gasteiger partial charge in [-0.15, -0.1) is 0 Å². The molecule has 0 spiro atoms. The number of allylic oxidation sites excluding steroid dienone is 3. The molecule has 0 atom stereocenters. The molecule has 0 fully saturated rings. The van der Waals surface area contributed by atoms with Crippen molar-refractivity contribution in [1.82, 2.24) is 5.48 Å². The van der Waals surface area contributed by atoms with Crippen LogP contribution in [0.3, 0.4) is 0 Å². The van der Waals surface area contributed by atoms with E-state index in [9.17, 15) is 0 Å². The lowest BCUT2D eigenvalue weighted by atomic mass is 10.2. The molecule has 5 nitrogen and oxygen atoms in total. The van der Waals surface area contributed by atoms with Crippen LogP contribution in [-0.4, -0.2) is 6.21 Å². The Labute approximate surface area is 105 Å². The Kier molecular flexibility index (Phi) is 4.02. The highest BCUT2D eigenvalue weighted by Crippen LogP contribution is 2.17. The monoisotopic (exact) mass is 242 g/mol. The zero-order chi connectivity index (χ0) is 12.6. The maximum Gasteiger partial charge on any atom is 0.217 e. The third-order valence-electron chi connectivity index (χ3n) is 2.18. The van der Waals surface area contributed by atoms with Gasteiger partial charge in [-0.3, -0.25) is 5.43 Å². The maximum absolute atomic E-state index is 5.16. The van der Waals surface area contributed by atoms with Gasteiger partial charge < -0.3 is 10.6 Å². The average molecular weight is 242 g/mol. The molecule has 0 saturated carbocycles. The van der Waals surface area contributed by atoms with Gasteiger partial charge in [0.05, 0.1) is 5.69 Å². The van der Waals surface area contributed by atoms with Crippen molar-refractivity contribution in [3.63, 3.8) is 0 Å². The second-order valence-electron chi connectivity index (χ2n) is 3.48. The summed E-state index contributed by atoms with van der Waals surface area (Å²) in [5, 5.41) is 3.95. The van der Waals surface area contributed by atoms with E-state index in [4.69, 9.17) is 5.73 Å². The number of fused-ring (bicyclic) bond motifs is 1. The Morgan fingerprint density at radius 2 is 2.06 bits per heavy atom. The van der Waals surface area contributed by atoms with Crippen LogP contribution in [0, 0.1) is 0 Å². The lowest BCUT2D eigenvalue weighted by Gasteiger charge is -2.04. The Hall–Kier alpha value is -2.69. The van der Waals surface area contributed by atoms with Crippen molar-refractivity contribution >= 4 is 18.0 Å². The van der Waals surface area contributed by atoms with Crippen molar-refractivity contribution in [3.8, 4) is 0 Å². The standard InChI is InChI=1S/C9H8N2.C4H6N2O/c1-2-6-9-8(4-1)5-3-7-10-11-9;5-4-2-1-3-6-7-4/h1-7,11H;1-3,6H,5H2. The van der Waals surface area contributed by atoms with E-state index in [1.54, 1.807) is 24.6 Å². The number of hydroxylamine groups is 1. The number of para-hydroxylation sites is 1. The van der Waals surface area contributed by atoms with Crippen LogP contribution in [-0.2, 0) is 4.84 Å². The third-order valence-corrected chi connectivity index (χ3v) is 2.18. The van der Waals surface area contributed by atoms with Gasteiger partial charge >= 0.3 is 0 Å². The molecule has 0 aliphatic carbocycles. The summed E-state index contributed by atoms with van der Waals surface area (Å²) in [5.74, 6) is 0.391. The molecule has 0 unspecified atom stereocenters. The molecule has 18 heavy (non-hydrogen) atoms. The Bertz CT molecular complexity index is 517. The van der Waals surface area contributed by atoms with Crippen molar-refractivity contribution in [2.75, 3.05) is 5.43 Å². The van der Waals surface area contributed by atoms with E-state index in [1.807, 2.05) is 36.4 Å². The van der Waals surface area contributed by atoms with Gasteiger partial charge in [0.25, 0.3) is 0 Å². The van der Waals surface area contributed by atoms with Gasteiger partial charge in [0.1, 0.15) is 0 Å². The van der Waals surface area contributed by atoms with Crippen LogP contribution in [0.2, 0.25) is 0 Å². The van der Waals surface area contributed by atoms with Crippen LogP contribution < -0.4 is 16.6 Å². The molecule has 4 N–H and O–H groups in total. The first-order valence-electron chi connectivity index (χ1n) is 5.46. The van der Waals surface area contributed by atoms with E-state index in [0.717, 1.165) is 5.69 Å². The summed E-state index contributed by atoms with van der Waals surface area (Å²) in [6.45, 7) is 0. The summed E-state index contributed by atoms with van der Waals surface area (Å²) < 4.78 is 0. The quantitative estimate of drug-likeness (QED) is 0.650. The largest absolute Gasteiger partial charge is 0.368 e. The number of nitrogens with zero attached hydrogens (tertiary/aromatic N) is 1. The average Bonchev–Trinajstić information content (AvgIpc) is 2.65. The number of hydrazone groups is 1. The molecule has 2 aliphatic heterocycles. The van der Waals surface area contributed by atoms with Crippen molar-refractivity contribution in [2.45, 2.75) is 0 Å². The van der Waals surface area contributed by atoms with Gasteiger partial charge in [0.2, 0.25) is 5.88 Å². The van der Waals surface area contributed by atoms with Gasteiger partial charge in [-0.2, -0.15) is 5.10 Å². The number of nitrogens with two attached hydrogens (primary N) is 1. The minimum atomic E-state index is 0.391. The summed E-state index contributed by atoms with van der Waals surface area (Å²) in [7, 11) is 0. The van der Waals surface area contributed by atoms with Gasteiger partial charge in [-0.05, 0) is 23.8 Å². The fourth-order valence-corrected chi connectivity index (χ4v) is 1.36. The van der Waals surface area contributed by atoms with Crippen LogP contribution in [0.1, 0.15) is 5.56 Å². The van der Waals surface area contributed by atoms with Crippen LogP contribution in [0.4, 0.5) is 5.69 Å². The summed E-state index contributed by atoms with van der Waals surface area (Å²) >= 11 is 0. The molecule has 5 heteroatoms. The van der Waals surface area contributed by atoms with Crippen molar-refractivity contribution in [1.29, 1.82) is 0 Å². The Morgan fingerprint density at radius 3 is 2.78 bits per heavy atom. The second-order valence-corrected chi connectivity index (χ2v) is 3.48. The zero-order valence-corrected chi connectivity index (χ0v) is 9.71. The fraction of sp³-hybridized carbons (Fsp3) is 0. The Balaban J connectivity index is 0.000000149. The van der Waals surface area contributed by atoms with Crippen molar-refractivity contribution in [2.24, 2.45) is 10.8 Å². The van der Waals surface area contributed by atoms with Crippen LogP contribution in [0.25, 0.3) is 6.08 Å². The predicted octanol–water partition coefficient (Wildman–Crippen LogP) is 1.95. The molecule has 92 valence electrons. The van der Waals surface area contributed by atoms with Gasteiger partial charge in [0.15, 0.2) is 0 Å². The SMILES string of the molecule is C1=Cc2ccccc2NN=C1.NC1=CC=CNO1. The van der Waals surface area contributed by atoms with Crippen LogP contribution in [0.15, 0.2) is 59.7 Å². The molecule has 1 aromatic carbocycles. The summed E-state index contributed by atoms with van der Waals surface area (Å²) in [6.07, 6.45) is 10.8. The molecule has 3 rings (SSSR count). The highest BCUT2D eigenvalue weighted by molar-refractivity contribution is 5.83. The van der Waals surface area contributed by atoms with E-state index in [0.29, 0.717) is 5.88 Å². The minimum absolute atomic E-state index is 0.391. The van der Waals surface area contributed by atoms with Crippen molar-refractivity contribution in [3.05, 3.63) is 60.1 Å². The van der Waals surface area contributed by atoms with E-state index in [2.05, 4.69) is 20.8 Å². The first kappa shape index (κ1) is 11.8. The van der Waals surface area contributed by atoms with Gasteiger partial charge in [-0.25, -0.2) is 5.48 Å². The number of rotatable bonds is 0. The van der Waals surface area contributed by atoms with E-state index in [1.165, 1.54) is 5.56 Å². The number of benzene rings is 1. The molecule has 0 bridgehead atoms. The van der Waals surface area contributed by atoms with Gasteiger partial charge in [-0.1, -0.05) is 24.3 Å². The summed E-state index contributed by atoms with van der Waals surface area (Å²) in [6, 6.07) is 8.05. The summed E-state index contributed by atoms with van der Waals surface area (Å²) in [4.78, 5) is 4.58. The molecule has 1 aromatic rings.